The van der Waals surface area contributed by atoms with E-state index in [1.165, 1.54) is 11.3 Å². The van der Waals surface area contributed by atoms with Crippen molar-refractivity contribution >= 4 is 11.9 Å². The molecule has 0 saturated heterocycles. The van der Waals surface area contributed by atoms with Gasteiger partial charge in [0.1, 0.15) is 5.75 Å². The summed E-state index contributed by atoms with van der Waals surface area (Å²) in [5.74, 6) is 2.17. The SMILES string of the molecule is CN=C(NCc1cccc(OCC(=O)N(C)C)c1)NC1CC1C. The van der Waals surface area contributed by atoms with Gasteiger partial charge in [-0.05, 0) is 30.0 Å². The third kappa shape index (κ3) is 5.47. The molecule has 2 N–H and O–H groups in total. The molecule has 1 aliphatic carbocycles. The summed E-state index contributed by atoms with van der Waals surface area (Å²) in [6, 6.07) is 8.26. The van der Waals surface area contributed by atoms with Crippen LogP contribution in [0.2, 0.25) is 0 Å². The van der Waals surface area contributed by atoms with Gasteiger partial charge in [0.25, 0.3) is 5.91 Å². The lowest BCUT2D eigenvalue weighted by Crippen LogP contribution is -2.38. The van der Waals surface area contributed by atoms with E-state index < -0.39 is 0 Å². The third-order valence-electron chi connectivity index (χ3n) is 3.87. The Balaban J connectivity index is 1.83. The molecule has 2 rings (SSSR count). The van der Waals surface area contributed by atoms with Crippen molar-refractivity contribution < 1.29 is 9.53 Å². The minimum Gasteiger partial charge on any atom is -0.484 e. The number of hydrogen-bond donors (Lipinski definition) is 2. The van der Waals surface area contributed by atoms with Gasteiger partial charge >= 0.3 is 0 Å². The van der Waals surface area contributed by atoms with Crippen LogP contribution in [0.3, 0.4) is 0 Å². The smallest absolute Gasteiger partial charge is 0.259 e. The molecule has 0 aliphatic heterocycles. The first-order valence-corrected chi connectivity index (χ1v) is 7.88. The Morgan fingerprint density at radius 2 is 2.17 bits per heavy atom. The number of carbonyl (C=O) groups excluding carboxylic acids is 1. The van der Waals surface area contributed by atoms with E-state index in [1.807, 2.05) is 24.3 Å². The van der Waals surface area contributed by atoms with Crippen LogP contribution in [0.15, 0.2) is 29.3 Å². The van der Waals surface area contributed by atoms with E-state index in [1.54, 1.807) is 21.1 Å². The Kier molecular flexibility index (Phi) is 5.84. The number of benzene rings is 1. The topological polar surface area (TPSA) is 66.0 Å². The van der Waals surface area contributed by atoms with Crippen molar-refractivity contribution in [3.63, 3.8) is 0 Å². The molecule has 1 aromatic rings. The zero-order chi connectivity index (χ0) is 16.8. The second-order valence-corrected chi connectivity index (χ2v) is 6.11. The summed E-state index contributed by atoms with van der Waals surface area (Å²) >= 11 is 0. The van der Waals surface area contributed by atoms with Gasteiger partial charge in [-0.15, -0.1) is 0 Å². The highest BCUT2D eigenvalue weighted by Crippen LogP contribution is 2.28. The van der Waals surface area contributed by atoms with Gasteiger partial charge in [0.2, 0.25) is 0 Å². The maximum atomic E-state index is 11.6. The van der Waals surface area contributed by atoms with Gasteiger partial charge in [0.05, 0.1) is 0 Å². The maximum Gasteiger partial charge on any atom is 0.259 e. The van der Waals surface area contributed by atoms with Crippen LogP contribution in [0.4, 0.5) is 0 Å². The number of guanidine groups is 1. The molecule has 6 nitrogen and oxygen atoms in total. The van der Waals surface area contributed by atoms with Crippen molar-refractivity contribution in [2.24, 2.45) is 10.9 Å². The van der Waals surface area contributed by atoms with Crippen molar-refractivity contribution in [1.29, 1.82) is 0 Å². The predicted octanol–water partition coefficient (Wildman–Crippen LogP) is 1.23. The number of rotatable bonds is 6. The number of carbonyl (C=O) groups is 1. The number of nitrogens with zero attached hydrogens (tertiary/aromatic N) is 2. The van der Waals surface area contributed by atoms with Crippen molar-refractivity contribution in [3.05, 3.63) is 29.8 Å². The van der Waals surface area contributed by atoms with Gasteiger partial charge in [-0.2, -0.15) is 0 Å². The highest BCUT2D eigenvalue weighted by atomic mass is 16.5. The van der Waals surface area contributed by atoms with Gasteiger partial charge < -0.3 is 20.3 Å². The van der Waals surface area contributed by atoms with Crippen molar-refractivity contribution in [2.45, 2.75) is 25.9 Å². The van der Waals surface area contributed by atoms with Crippen LogP contribution >= 0.6 is 0 Å². The van der Waals surface area contributed by atoms with Crippen LogP contribution in [-0.4, -0.2) is 50.6 Å². The fourth-order valence-corrected chi connectivity index (χ4v) is 2.10. The van der Waals surface area contributed by atoms with Gasteiger partial charge in [0, 0.05) is 33.7 Å². The second-order valence-electron chi connectivity index (χ2n) is 6.11. The summed E-state index contributed by atoms with van der Waals surface area (Å²) < 4.78 is 5.53. The molecule has 0 radical (unpaired) electrons. The van der Waals surface area contributed by atoms with Crippen molar-refractivity contribution in [3.8, 4) is 5.75 Å². The normalized spacial score (nSPS) is 19.9. The minimum absolute atomic E-state index is 0.0483. The standard InChI is InChI=1S/C17H26N4O2/c1-12-8-15(12)20-17(18-2)19-10-13-6-5-7-14(9-13)23-11-16(22)21(3)4/h5-7,9,12,15H,8,10-11H2,1-4H3,(H2,18,19,20). The van der Waals surface area contributed by atoms with Gasteiger partial charge in [-0.25, -0.2) is 0 Å². The van der Waals surface area contributed by atoms with Crippen LogP contribution in [0.1, 0.15) is 18.9 Å². The molecule has 0 spiro atoms. The molecular formula is C17H26N4O2. The zero-order valence-electron chi connectivity index (χ0n) is 14.3. The number of ether oxygens (including phenoxy) is 1. The quantitative estimate of drug-likeness (QED) is 0.611. The molecule has 126 valence electrons. The lowest BCUT2D eigenvalue weighted by atomic mass is 10.2. The first-order valence-electron chi connectivity index (χ1n) is 7.88. The monoisotopic (exact) mass is 318 g/mol. The van der Waals surface area contributed by atoms with Crippen LogP contribution < -0.4 is 15.4 Å². The molecule has 0 aromatic heterocycles. The molecule has 1 aromatic carbocycles. The predicted molar refractivity (Wildman–Crippen MR) is 91.5 cm³/mol. The fraction of sp³-hybridized carbons (Fsp3) is 0.529. The van der Waals surface area contributed by atoms with Crippen molar-refractivity contribution in [1.82, 2.24) is 15.5 Å². The summed E-state index contributed by atoms with van der Waals surface area (Å²) in [5, 5.41) is 6.68. The maximum absolute atomic E-state index is 11.6. The van der Waals surface area contributed by atoms with E-state index >= 15 is 0 Å². The molecule has 23 heavy (non-hydrogen) atoms. The number of likely N-dealkylation sites (N-methyl/N-ethyl adjacent to an activating group) is 1. The number of nitrogens with one attached hydrogen (secondary N) is 2. The van der Waals surface area contributed by atoms with Gasteiger partial charge in [-0.1, -0.05) is 19.1 Å². The van der Waals surface area contributed by atoms with Crippen molar-refractivity contribution in [2.75, 3.05) is 27.7 Å². The molecule has 2 atom stereocenters. The molecule has 1 fully saturated rings. The molecule has 6 heteroatoms. The first-order chi connectivity index (χ1) is 11.0. The van der Waals surface area contributed by atoms with E-state index in [4.69, 9.17) is 4.74 Å². The third-order valence-corrected chi connectivity index (χ3v) is 3.87. The number of hydrogen-bond acceptors (Lipinski definition) is 3. The number of aliphatic imine (C=N–C) groups is 1. The molecule has 2 unspecified atom stereocenters. The summed E-state index contributed by atoms with van der Waals surface area (Å²) in [4.78, 5) is 17.3. The van der Waals surface area contributed by atoms with Crippen LogP contribution in [0.5, 0.6) is 5.75 Å². The second kappa shape index (κ2) is 7.85. The highest BCUT2D eigenvalue weighted by molar-refractivity contribution is 5.80. The molecule has 1 aliphatic rings. The summed E-state index contributed by atoms with van der Waals surface area (Å²) in [5.41, 5.74) is 1.08. The van der Waals surface area contributed by atoms with Gasteiger partial charge in [0.15, 0.2) is 12.6 Å². The summed E-state index contributed by atoms with van der Waals surface area (Å²) in [7, 11) is 5.20. The molecular weight excluding hydrogens is 292 g/mol. The zero-order valence-corrected chi connectivity index (χ0v) is 14.3. The Bertz CT molecular complexity index is 571. The van der Waals surface area contributed by atoms with Crippen LogP contribution in [-0.2, 0) is 11.3 Å². The molecule has 1 saturated carbocycles. The van der Waals surface area contributed by atoms with E-state index in [0.29, 0.717) is 18.3 Å². The molecule has 1 amide bonds. The van der Waals surface area contributed by atoms with Gasteiger partial charge in [-0.3, -0.25) is 9.79 Å². The average Bonchev–Trinajstić information content (AvgIpc) is 3.24. The Labute approximate surface area is 137 Å². The van der Waals surface area contributed by atoms with E-state index in [0.717, 1.165) is 17.4 Å². The Morgan fingerprint density at radius 3 is 2.78 bits per heavy atom. The minimum atomic E-state index is -0.0586. The molecule has 0 bridgehead atoms. The first kappa shape index (κ1) is 17.1. The van der Waals surface area contributed by atoms with E-state index in [2.05, 4.69) is 22.5 Å². The number of amides is 1. The van der Waals surface area contributed by atoms with Crippen LogP contribution in [0, 0.1) is 5.92 Å². The van der Waals surface area contributed by atoms with Crippen LogP contribution in [0.25, 0.3) is 0 Å². The highest BCUT2D eigenvalue weighted by Gasteiger charge is 2.33. The molecule has 0 heterocycles. The van der Waals surface area contributed by atoms with E-state index in [-0.39, 0.29) is 12.5 Å². The summed E-state index contributed by atoms with van der Waals surface area (Å²) in [6.07, 6.45) is 1.20. The van der Waals surface area contributed by atoms with E-state index in [9.17, 15) is 4.79 Å². The average molecular weight is 318 g/mol. The summed E-state index contributed by atoms with van der Waals surface area (Å²) in [6.45, 7) is 2.92. The Hall–Kier alpha value is -2.24. The lowest BCUT2D eigenvalue weighted by molar-refractivity contribution is -0.130. The Morgan fingerprint density at radius 1 is 1.43 bits per heavy atom. The largest absolute Gasteiger partial charge is 0.484 e. The fourth-order valence-electron chi connectivity index (χ4n) is 2.10. The lowest BCUT2D eigenvalue weighted by Gasteiger charge is -2.13.